The van der Waals surface area contributed by atoms with Gasteiger partial charge >= 0.3 is 0 Å². The number of benzene rings is 1. The molecule has 1 amide bonds. The molecule has 108 valence electrons. The van der Waals surface area contributed by atoms with Crippen molar-refractivity contribution < 1.29 is 4.79 Å². The number of hydrogen-bond donors (Lipinski definition) is 2. The van der Waals surface area contributed by atoms with Crippen molar-refractivity contribution in [3.05, 3.63) is 47.0 Å². The molecule has 0 atom stereocenters. The lowest BCUT2D eigenvalue weighted by atomic mass is 10.2. The summed E-state index contributed by atoms with van der Waals surface area (Å²) in [6.07, 6.45) is 0. The van der Waals surface area contributed by atoms with Gasteiger partial charge in [-0.1, -0.05) is 12.1 Å². The molecule has 6 nitrogen and oxygen atoms in total. The Morgan fingerprint density at radius 1 is 1.33 bits per heavy atom. The summed E-state index contributed by atoms with van der Waals surface area (Å²) in [6, 6.07) is 7.79. The molecule has 1 aromatic carbocycles. The zero-order valence-electron chi connectivity index (χ0n) is 12.3. The van der Waals surface area contributed by atoms with Gasteiger partial charge in [0.2, 0.25) is 0 Å². The van der Waals surface area contributed by atoms with Crippen LogP contribution in [0.2, 0.25) is 0 Å². The van der Waals surface area contributed by atoms with E-state index in [9.17, 15) is 4.79 Å². The third-order valence-corrected chi connectivity index (χ3v) is 3.59. The number of aromatic amines is 1. The predicted octanol–water partition coefficient (Wildman–Crippen LogP) is 1.84. The molecule has 0 aliphatic rings. The zero-order valence-corrected chi connectivity index (χ0v) is 12.3. The average molecular weight is 283 g/mol. The number of carbonyl (C=O) groups is 1. The van der Waals surface area contributed by atoms with Gasteiger partial charge in [-0.05, 0) is 26.0 Å². The van der Waals surface area contributed by atoms with Crippen LogP contribution >= 0.6 is 0 Å². The van der Waals surface area contributed by atoms with Gasteiger partial charge in [-0.15, -0.1) is 0 Å². The molecule has 0 unspecified atom stereocenters. The molecule has 0 saturated carbocycles. The van der Waals surface area contributed by atoms with Gasteiger partial charge < -0.3 is 10.3 Å². The van der Waals surface area contributed by atoms with Crippen molar-refractivity contribution in [2.45, 2.75) is 20.4 Å². The van der Waals surface area contributed by atoms with Crippen LogP contribution in [-0.4, -0.2) is 25.7 Å². The lowest BCUT2D eigenvalue weighted by molar-refractivity contribution is 0.0948. The molecule has 2 heterocycles. The van der Waals surface area contributed by atoms with Crippen LogP contribution in [0.4, 0.5) is 0 Å². The van der Waals surface area contributed by atoms with E-state index < -0.39 is 0 Å². The largest absolute Gasteiger partial charge is 0.345 e. The van der Waals surface area contributed by atoms with E-state index in [1.165, 1.54) is 0 Å². The van der Waals surface area contributed by atoms with E-state index in [0.29, 0.717) is 12.1 Å². The minimum Gasteiger partial charge on any atom is -0.345 e. The molecule has 0 bridgehead atoms. The van der Waals surface area contributed by atoms with Gasteiger partial charge in [0, 0.05) is 12.7 Å². The van der Waals surface area contributed by atoms with Crippen molar-refractivity contribution in [3.63, 3.8) is 0 Å². The normalized spacial score (nSPS) is 11.0. The first kappa shape index (κ1) is 13.4. The Hall–Kier alpha value is -2.63. The predicted molar refractivity (Wildman–Crippen MR) is 79.9 cm³/mol. The highest BCUT2D eigenvalue weighted by molar-refractivity contribution is 5.96. The van der Waals surface area contributed by atoms with Crippen LogP contribution < -0.4 is 5.32 Å². The highest BCUT2D eigenvalue weighted by Crippen LogP contribution is 2.13. The third-order valence-electron chi connectivity index (χ3n) is 3.59. The number of fused-ring (bicyclic) bond motifs is 1. The third kappa shape index (κ3) is 2.40. The van der Waals surface area contributed by atoms with Crippen LogP contribution in [0.5, 0.6) is 0 Å². The molecule has 6 heteroatoms. The van der Waals surface area contributed by atoms with Crippen LogP contribution in [0.15, 0.2) is 24.3 Å². The molecule has 0 fully saturated rings. The summed E-state index contributed by atoms with van der Waals surface area (Å²) in [5.41, 5.74) is 4.09. The minimum absolute atomic E-state index is 0.126. The lowest BCUT2D eigenvalue weighted by Gasteiger charge is -2.03. The Balaban J connectivity index is 1.76. The van der Waals surface area contributed by atoms with Gasteiger partial charge in [-0.25, -0.2) is 4.98 Å². The molecule has 0 spiro atoms. The second kappa shape index (κ2) is 5.05. The maximum Gasteiger partial charge on any atom is 0.255 e. The second-order valence-corrected chi connectivity index (χ2v) is 5.05. The number of imidazole rings is 1. The first-order valence-corrected chi connectivity index (χ1v) is 6.78. The fourth-order valence-electron chi connectivity index (χ4n) is 2.44. The van der Waals surface area contributed by atoms with Crippen molar-refractivity contribution >= 4 is 16.9 Å². The quantitative estimate of drug-likeness (QED) is 0.770. The number of nitrogens with zero attached hydrogens (tertiary/aromatic N) is 3. The van der Waals surface area contributed by atoms with E-state index in [4.69, 9.17) is 0 Å². The van der Waals surface area contributed by atoms with Crippen molar-refractivity contribution in [2.24, 2.45) is 7.05 Å². The smallest absolute Gasteiger partial charge is 0.255 e. The molecule has 0 aliphatic carbocycles. The van der Waals surface area contributed by atoms with Gasteiger partial charge in [-0.2, -0.15) is 5.10 Å². The monoisotopic (exact) mass is 283 g/mol. The molecule has 2 N–H and O–H groups in total. The number of para-hydroxylation sites is 2. The topological polar surface area (TPSA) is 75.6 Å². The van der Waals surface area contributed by atoms with Gasteiger partial charge in [0.25, 0.3) is 5.91 Å². The van der Waals surface area contributed by atoms with E-state index in [1.54, 1.807) is 4.68 Å². The number of hydrogen-bond acceptors (Lipinski definition) is 3. The van der Waals surface area contributed by atoms with Crippen LogP contribution in [0.3, 0.4) is 0 Å². The molecule has 3 aromatic rings. The molecular weight excluding hydrogens is 266 g/mol. The number of aromatic nitrogens is 4. The first-order chi connectivity index (χ1) is 10.1. The zero-order chi connectivity index (χ0) is 15.0. The molecule has 21 heavy (non-hydrogen) atoms. The minimum atomic E-state index is -0.126. The number of H-pyrrole nitrogens is 1. The molecule has 0 aliphatic heterocycles. The highest BCUT2D eigenvalue weighted by atomic mass is 16.1. The molecular formula is C15H17N5O. The fourth-order valence-corrected chi connectivity index (χ4v) is 2.44. The number of carbonyl (C=O) groups excluding carboxylic acids is 1. The summed E-state index contributed by atoms with van der Waals surface area (Å²) in [5.74, 6) is 0.613. The van der Waals surface area contributed by atoms with Crippen molar-refractivity contribution in [1.82, 2.24) is 25.1 Å². The lowest BCUT2D eigenvalue weighted by Crippen LogP contribution is -2.24. The van der Waals surface area contributed by atoms with Crippen molar-refractivity contribution in [1.29, 1.82) is 0 Å². The number of nitrogens with one attached hydrogen (secondary N) is 2. The average Bonchev–Trinajstić information content (AvgIpc) is 2.97. The van der Waals surface area contributed by atoms with E-state index in [0.717, 1.165) is 28.2 Å². The van der Waals surface area contributed by atoms with Crippen LogP contribution in [0.1, 0.15) is 27.6 Å². The molecule has 0 radical (unpaired) electrons. The van der Waals surface area contributed by atoms with Crippen LogP contribution in [0.25, 0.3) is 11.0 Å². The number of amides is 1. The van der Waals surface area contributed by atoms with E-state index >= 15 is 0 Å². The van der Waals surface area contributed by atoms with E-state index in [-0.39, 0.29) is 5.91 Å². The Morgan fingerprint density at radius 3 is 2.76 bits per heavy atom. The Morgan fingerprint density at radius 2 is 2.10 bits per heavy atom. The summed E-state index contributed by atoms with van der Waals surface area (Å²) in [6.45, 7) is 4.08. The Labute approximate surface area is 122 Å². The standard InChI is InChI=1S/C15H17N5O/c1-9-14(10(2)20(3)19-9)15(21)16-8-13-17-11-6-4-5-7-12(11)18-13/h4-7H,8H2,1-3H3,(H,16,21)(H,17,18). The second-order valence-electron chi connectivity index (χ2n) is 5.05. The van der Waals surface area contributed by atoms with Gasteiger partial charge in [0.15, 0.2) is 0 Å². The Kier molecular flexibility index (Phi) is 3.21. The Bertz CT molecular complexity index is 782. The molecule has 3 rings (SSSR count). The van der Waals surface area contributed by atoms with Crippen LogP contribution in [-0.2, 0) is 13.6 Å². The van der Waals surface area contributed by atoms with Gasteiger partial charge in [-0.3, -0.25) is 9.48 Å². The summed E-state index contributed by atoms with van der Waals surface area (Å²) < 4.78 is 1.71. The summed E-state index contributed by atoms with van der Waals surface area (Å²) >= 11 is 0. The van der Waals surface area contributed by atoms with E-state index in [1.807, 2.05) is 45.2 Å². The van der Waals surface area contributed by atoms with Crippen molar-refractivity contribution in [2.75, 3.05) is 0 Å². The fraction of sp³-hybridized carbons (Fsp3) is 0.267. The van der Waals surface area contributed by atoms with E-state index in [2.05, 4.69) is 20.4 Å². The van der Waals surface area contributed by atoms with Gasteiger partial charge in [0.1, 0.15) is 5.82 Å². The summed E-state index contributed by atoms with van der Waals surface area (Å²) in [4.78, 5) is 19.9. The summed E-state index contributed by atoms with van der Waals surface area (Å²) in [7, 11) is 1.83. The number of rotatable bonds is 3. The van der Waals surface area contributed by atoms with Crippen molar-refractivity contribution in [3.8, 4) is 0 Å². The van der Waals surface area contributed by atoms with Crippen LogP contribution in [0, 0.1) is 13.8 Å². The first-order valence-electron chi connectivity index (χ1n) is 6.78. The maximum absolute atomic E-state index is 12.3. The highest BCUT2D eigenvalue weighted by Gasteiger charge is 2.17. The molecule has 0 saturated heterocycles. The van der Waals surface area contributed by atoms with Gasteiger partial charge in [0.05, 0.1) is 28.8 Å². The SMILES string of the molecule is Cc1nn(C)c(C)c1C(=O)NCc1nc2ccccc2[nH]1. The summed E-state index contributed by atoms with van der Waals surface area (Å²) in [5, 5.41) is 7.14. The number of aryl methyl sites for hydroxylation is 2. The maximum atomic E-state index is 12.3. The molecule has 2 aromatic heterocycles.